The highest BCUT2D eigenvalue weighted by atomic mass is 32.2. The molecule has 1 aliphatic heterocycles. The molecule has 0 aromatic carbocycles. The van der Waals surface area contributed by atoms with Crippen LogP contribution in [0.2, 0.25) is 0 Å². The molecule has 1 N–H and O–H groups in total. The highest BCUT2D eigenvalue weighted by molar-refractivity contribution is 7.90. The van der Waals surface area contributed by atoms with Crippen LogP contribution in [0.25, 0.3) is 22.2 Å². The van der Waals surface area contributed by atoms with Gasteiger partial charge in [-0.2, -0.15) is 5.10 Å². The predicted molar refractivity (Wildman–Crippen MR) is 137 cm³/mol. The molecule has 0 amide bonds. The first-order valence-electron chi connectivity index (χ1n) is 11.5. The number of hydrogen-bond donors (Lipinski definition) is 1. The van der Waals surface area contributed by atoms with Crippen molar-refractivity contribution >= 4 is 37.9 Å². The topological polar surface area (TPSA) is 119 Å². The van der Waals surface area contributed by atoms with Gasteiger partial charge in [-0.25, -0.2) is 23.4 Å². The van der Waals surface area contributed by atoms with E-state index in [0.717, 1.165) is 27.7 Å². The van der Waals surface area contributed by atoms with E-state index in [-0.39, 0.29) is 17.6 Å². The molecule has 1 saturated heterocycles. The molecule has 0 unspecified atom stereocenters. The van der Waals surface area contributed by atoms with Gasteiger partial charge < -0.3 is 10.2 Å². The lowest BCUT2D eigenvalue weighted by atomic mass is 9.98. The summed E-state index contributed by atoms with van der Waals surface area (Å²) in [6.07, 6.45) is 10.3. The Balaban J connectivity index is 1.44. The van der Waals surface area contributed by atoms with Gasteiger partial charge in [0.25, 0.3) is 0 Å². The lowest BCUT2D eigenvalue weighted by molar-refractivity contribution is 0.445. The number of sulfone groups is 1. The Morgan fingerprint density at radius 2 is 1.89 bits per heavy atom. The lowest BCUT2D eigenvalue weighted by Crippen LogP contribution is -2.49. The number of nitrogens with zero attached hydrogens (tertiary/aromatic N) is 7. The van der Waals surface area contributed by atoms with Crippen LogP contribution in [0.3, 0.4) is 0 Å². The van der Waals surface area contributed by atoms with Crippen molar-refractivity contribution < 1.29 is 8.42 Å². The Morgan fingerprint density at radius 3 is 2.57 bits per heavy atom. The molecule has 182 valence electrons. The molecule has 4 aromatic heterocycles. The molecule has 4 aromatic rings. The molecule has 5 rings (SSSR count). The lowest BCUT2D eigenvalue weighted by Gasteiger charge is -2.41. The molecule has 10 nitrogen and oxygen atoms in total. The minimum atomic E-state index is -2.98. The number of nitrogens with one attached hydrogen (secondary N) is 1. The molecule has 11 heteroatoms. The summed E-state index contributed by atoms with van der Waals surface area (Å²) >= 11 is 0. The summed E-state index contributed by atoms with van der Waals surface area (Å²) in [5, 5.41) is 9.50. The third-order valence-electron chi connectivity index (χ3n) is 6.04. The minimum Gasteiger partial charge on any atom is -0.369 e. The van der Waals surface area contributed by atoms with Gasteiger partial charge in [-0.3, -0.25) is 9.67 Å². The first-order valence-corrected chi connectivity index (χ1v) is 13.5. The van der Waals surface area contributed by atoms with Crippen molar-refractivity contribution in [3.8, 4) is 11.4 Å². The summed E-state index contributed by atoms with van der Waals surface area (Å²) in [7, 11) is -1.13. The van der Waals surface area contributed by atoms with E-state index >= 15 is 0 Å². The molecule has 0 radical (unpaired) electrons. The van der Waals surface area contributed by atoms with Crippen LogP contribution in [0.5, 0.6) is 0 Å². The summed E-state index contributed by atoms with van der Waals surface area (Å²) < 4.78 is 25.0. The number of pyridine rings is 2. The van der Waals surface area contributed by atoms with Gasteiger partial charge in [0.2, 0.25) is 0 Å². The van der Waals surface area contributed by atoms with Crippen molar-refractivity contribution in [2.24, 2.45) is 13.0 Å². The fraction of sp³-hybridized carbons (Fsp3) is 0.375. The Hall–Kier alpha value is -3.60. The standard InChI is InChI=1S/C24H28N8O2S/c1-15(2)23-18-7-22(29-21-5-6-25-24(30-21)17-8-28-31(3)13-17)26-9-19(18)20(10-27-23)32-11-16(12-32)14-35(4,33)34/h5-10,13,15-16H,11-12,14H2,1-4H3,(H,25,26,29,30). The molecule has 0 aliphatic carbocycles. The van der Waals surface area contributed by atoms with Crippen LogP contribution in [0.15, 0.2) is 43.1 Å². The second-order valence-corrected chi connectivity index (χ2v) is 11.6. The maximum absolute atomic E-state index is 11.6. The van der Waals surface area contributed by atoms with Gasteiger partial charge in [-0.05, 0) is 18.1 Å². The van der Waals surface area contributed by atoms with E-state index in [1.807, 2.05) is 31.7 Å². The molecule has 0 bridgehead atoms. The zero-order valence-electron chi connectivity index (χ0n) is 20.2. The smallest absolute Gasteiger partial charge is 0.164 e. The van der Waals surface area contributed by atoms with Crippen LogP contribution >= 0.6 is 0 Å². The van der Waals surface area contributed by atoms with Crippen molar-refractivity contribution in [3.05, 3.63) is 48.8 Å². The van der Waals surface area contributed by atoms with Gasteiger partial charge in [0, 0.05) is 61.7 Å². The normalized spacial score (nSPS) is 14.5. The number of aromatic nitrogens is 6. The maximum Gasteiger partial charge on any atom is 0.164 e. The zero-order valence-corrected chi connectivity index (χ0v) is 21.0. The van der Waals surface area contributed by atoms with Gasteiger partial charge in [-0.1, -0.05) is 13.8 Å². The van der Waals surface area contributed by atoms with Crippen molar-refractivity contribution in [2.75, 3.05) is 35.3 Å². The van der Waals surface area contributed by atoms with Gasteiger partial charge in [0.15, 0.2) is 5.82 Å². The van der Waals surface area contributed by atoms with Crippen LogP contribution < -0.4 is 10.2 Å². The van der Waals surface area contributed by atoms with E-state index in [1.165, 1.54) is 6.26 Å². The quantitative estimate of drug-likeness (QED) is 0.415. The highest BCUT2D eigenvalue weighted by Gasteiger charge is 2.31. The molecule has 1 fully saturated rings. The number of rotatable bonds is 7. The summed E-state index contributed by atoms with van der Waals surface area (Å²) in [5.74, 6) is 2.46. The molecule has 35 heavy (non-hydrogen) atoms. The van der Waals surface area contributed by atoms with E-state index in [1.54, 1.807) is 23.1 Å². The third-order valence-corrected chi connectivity index (χ3v) is 7.12. The van der Waals surface area contributed by atoms with Gasteiger partial charge >= 0.3 is 0 Å². The van der Waals surface area contributed by atoms with Crippen LogP contribution in [0.1, 0.15) is 25.5 Å². The second kappa shape index (κ2) is 8.88. The van der Waals surface area contributed by atoms with E-state index < -0.39 is 9.84 Å². The Morgan fingerprint density at radius 1 is 1.09 bits per heavy atom. The molecule has 0 spiro atoms. The molecule has 1 aliphatic rings. The van der Waals surface area contributed by atoms with Crippen LogP contribution in [0.4, 0.5) is 17.3 Å². The molecular formula is C24H28N8O2S. The van der Waals surface area contributed by atoms with E-state index in [2.05, 4.69) is 44.1 Å². The largest absolute Gasteiger partial charge is 0.369 e. The summed E-state index contributed by atoms with van der Waals surface area (Å²) in [6, 6.07) is 3.80. The van der Waals surface area contributed by atoms with Crippen molar-refractivity contribution in [1.82, 2.24) is 29.7 Å². The average Bonchev–Trinajstić information content (AvgIpc) is 3.21. The third kappa shape index (κ3) is 4.95. The first kappa shape index (κ1) is 23.2. The number of fused-ring (bicyclic) bond motifs is 1. The highest BCUT2D eigenvalue weighted by Crippen LogP contribution is 2.35. The van der Waals surface area contributed by atoms with E-state index in [9.17, 15) is 8.42 Å². The molecular weight excluding hydrogens is 464 g/mol. The Labute approximate surface area is 204 Å². The second-order valence-electron chi connectivity index (χ2n) is 9.46. The average molecular weight is 493 g/mol. The fourth-order valence-corrected chi connectivity index (χ4v) is 5.52. The first-order chi connectivity index (χ1) is 16.7. The molecule has 5 heterocycles. The van der Waals surface area contributed by atoms with Crippen molar-refractivity contribution in [2.45, 2.75) is 19.8 Å². The molecule has 0 saturated carbocycles. The van der Waals surface area contributed by atoms with E-state index in [4.69, 9.17) is 4.98 Å². The summed E-state index contributed by atoms with van der Waals surface area (Å²) in [4.78, 5) is 20.5. The van der Waals surface area contributed by atoms with Gasteiger partial charge in [0.1, 0.15) is 21.5 Å². The fourth-order valence-electron chi connectivity index (χ4n) is 4.46. The van der Waals surface area contributed by atoms with Gasteiger partial charge in [0.05, 0.1) is 35.1 Å². The Bertz CT molecular complexity index is 1490. The number of aryl methyl sites for hydroxylation is 1. The SMILES string of the molecule is CC(C)c1ncc(N2CC(CS(C)(=O)=O)C2)c2cnc(Nc3ccnc(-c4cnn(C)c4)n3)cc12. The monoisotopic (exact) mass is 492 g/mol. The Kier molecular flexibility index (Phi) is 5.87. The number of anilines is 3. The van der Waals surface area contributed by atoms with Crippen molar-refractivity contribution in [3.63, 3.8) is 0 Å². The van der Waals surface area contributed by atoms with E-state index in [0.29, 0.717) is 30.5 Å². The minimum absolute atomic E-state index is 0.144. The van der Waals surface area contributed by atoms with Crippen LogP contribution in [0, 0.1) is 5.92 Å². The maximum atomic E-state index is 11.6. The van der Waals surface area contributed by atoms with Crippen molar-refractivity contribution in [1.29, 1.82) is 0 Å². The zero-order chi connectivity index (χ0) is 24.7. The predicted octanol–water partition coefficient (Wildman–Crippen LogP) is 3.17. The summed E-state index contributed by atoms with van der Waals surface area (Å²) in [5.41, 5.74) is 2.80. The van der Waals surface area contributed by atoms with Crippen LogP contribution in [-0.4, -0.2) is 63.2 Å². The summed E-state index contributed by atoms with van der Waals surface area (Å²) in [6.45, 7) is 5.63. The van der Waals surface area contributed by atoms with Crippen LogP contribution in [-0.2, 0) is 16.9 Å². The molecule has 0 atom stereocenters. The number of hydrogen-bond acceptors (Lipinski definition) is 9. The van der Waals surface area contributed by atoms with Gasteiger partial charge in [-0.15, -0.1) is 0 Å².